The molecule has 0 aromatic carbocycles. The average molecular weight is 227 g/mol. The summed E-state index contributed by atoms with van der Waals surface area (Å²) in [7, 11) is 0. The van der Waals surface area contributed by atoms with Crippen molar-refractivity contribution in [2.24, 2.45) is 5.73 Å². The van der Waals surface area contributed by atoms with Crippen LogP contribution >= 0.6 is 0 Å². The maximum absolute atomic E-state index is 6.10. The van der Waals surface area contributed by atoms with Crippen molar-refractivity contribution < 1.29 is 0 Å². The van der Waals surface area contributed by atoms with Gasteiger partial charge in [0.2, 0.25) is 0 Å². The fourth-order valence-electron chi connectivity index (χ4n) is 1.79. The number of aromatic nitrogens is 2. The second kappa shape index (κ2) is 6.11. The van der Waals surface area contributed by atoms with Crippen LogP contribution < -0.4 is 5.73 Å². The number of hydrogen-bond donors (Lipinski definition) is 1. The van der Waals surface area contributed by atoms with Gasteiger partial charge in [0, 0.05) is 36.7 Å². The molecule has 0 bridgehead atoms. The Morgan fingerprint density at radius 1 is 1.06 bits per heavy atom. The van der Waals surface area contributed by atoms with Gasteiger partial charge in [-0.05, 0) is 42.7 Å². The zero-order valence-electron chi connectivity index (χ0n) is 9.79. The summed E-state index contributed by atoms with van der Waals surface area (Å²) >= 11 is 0. The minimum absolute atomic E-state index is 0.165. The molecule has 3 nitrogen and oxygen atoms in total. The maximum Gasteiger partial charge on any atom is 0.0419 e. The van der Waals surface area contributed by atoms with Gasteiger partial charge in [-0.2, -0.15) is 0 Å². The van der Waals surface area contributed by atoms with E-state index in [1.165, 1.54) is 5.56 Å². The number of rotatable bonds is 5. The molecule has 2 N–H and O–H groups in total. The van der Waals surface area contributed by atoms with Crippen LogP contribution in [0.5, 0.6) is 0 Å². The average Bonchev–Trinajstić information content (AvgIpc) is 2.39. The summed E-state index contributed by atoms with van der Waals surface area (Å²) in [6.07, 6.45) is 8.26. The molecule has 2 aromatic rings. The minimum Gasteiger partial charge on any atom is -0.327 e. The molecule has 3 heteroatoms. The fraction of sp³-hybridized carbons (Fsp3) is 0.286. The van der Waals surface area contributed by atoms with E-state index in [0.717, 1.165) is 25.0 Å². The molecule has 2 aromatic heterocycles. The van der Waals surface area contributed by atoms with Gasteiger partial charge < -0.3 is 5.73 Å². The maximum atomic E-state index is 6.10. The van der Waals surface area contributed by atoms with E-state index in [1.807, 2.05) is 48.9 Å². The minimum atomic E-state index is 0.165. The van der Waals surface area contributed by atoms with Crippen LogP contribution in [0, 0.1) is 0 Å². The third kappa shape index (κ3) is 3.96. The zero-order valence-corrected chi connectivity index (χ0v) is 9.79. The fourth-order valence-corrected chi connectivity index (χ4v) is 1.79. The van der Waals surface area contributed by atoms with Crippen LogP contribution in [0.3, 0.4) is 0 Å². The number of hydrogen-bond acceptors (Lipinski definition) is 3. The third-order valence-electron chi connectivity index (χ3n) is 2.75. The highest BCUT2D eigenvalue weighted by Gasteiger charge is 2.05. The Bertz CT molecular complexity index is 428. The van der Waals surface area contributed by atoms with Crippen molar-refractivity contribution >= 4 is 0 Å². The van der Waals surface area contributed by atoms with Gasteiger partial charge in [-0.25, -0.2) is 0 Å². The van der Waals surface area contributed by atoms with Gasteiger partial charge in [-0.1, -0.05) is 6.07 Å². The van der Waals surface area contributed by atoms with E-state index in [4.69, 9.17) is 5.73 Å². The van der Waals surface area contributed by atoms with E-state index in [1.54, 1.807) is 0 Å². The Labute approximate surface area is 102 Å². The first kappa shape index (κ1) is 11.7. The Balaban J connectivity index is 1.80. The smallest absolute Gasteiger partial charge is 0.0419 e. The van der Waals surface area contributed by atoms with Crippen molar-refractivity contribution in [3.05, 3.63) is 60.2 Å². The summed E-state index contributed by atoms with van der Waals surface area (Å²) in [5, 5.41) is 0. The highest BCUT2D eigenvalue weighted by Crippen LogP contribution is 2.06. The molecule has 88 valence electrons. The molecule has 0 aliphatic heterocycles. The predicted octanol–water partition coefficient (Wildman–Crippen LogP) is 1.98. The first-order valence-corrected chi connectivity index (χ1v) is 5.89. The third-order valence-corrected chi connectivity index (χ3v) is 2.75. The molecule has 17 heavy (non-hydrogen) atoms. The van der Waals surface area contributed by atoms with Crippen LogP contribution in [-0.4, -0.2) is 16.0 Å². The van der Waals surface area contributed by atoms with Crippen molar-refractivity contribution in [1.82, 2.24) is 9.97 Å². The lowest BCUT2D eigenvalue weighted by Gasteiger charge is -2.10. The quantitative estimate of drug-likeness (QED) is 0.849. The van der Waals surface area contributed by atoms with Gasteiger partial charge in [0.05, 0.1) is 0 Å². The molecule has 0 fully saturated rings. The van der Waals surface area contributed by atoms with Crippen molar-refractivity contribution in [2.45, 2.75) is 25.3 Å². The molecule has 0 aliphatic carbocycles. The van der Waals surface area contributed by atoms with Crippen molar-refractivity contribution in [2.75, 3.05) is 0 Å². The highest BCUT2D eigenvalue weighted by atomic mass is 14.7. The van der Waals surface area contributed by atoms with E-state index >= 15 is 0 Å². The van der Waals surface area contributed by atoms with E-state index in [-0.39, 0.29) is 6.04 Å². The standard InChI is InChI=1S/C14H17N3/c15-13(11-14-3-1-2-8-17-14)5-4-12-6-9-16-10-7-12/h1-3,6-10,13H,4-5,11,15H2. The van der Waals surface area contributed by atoms with Gasteiger partial charge in [0.25, 0.3) is 0 Å². The Morgan fingerprint density at radius 2 is 1.88 bits per heavy atom. The van der Waals surface area contributed by atoms with E-state index in [9.17, 15) is 0 Å². The van der Waals surface area contributed by atoms with Gasteiger partial charge >= 0.3 is 0 Å². The highest BCUT2D eigenvalue weighted by molar-refractivity contribution is 5.10. The summed E-state index contributed by atoms with van der Waals surface area (Å²) in [4.78, 5) is 8.28. The lowest BCUT2D eigenvalue weighted by Crippen LogP contribution is -2.23. The Hall–Kier alpha value is -1.74. The van der Waals surface area contributed by atoms with Crippen LogP contribution in [0.15, 0.2) is 48.9 Å². The van der Waals surface area contributed by atoms with Gasteiger partial charge in [-0.3, -0.25) is 9.97 Å². The molecule has 0 spiro atoms. The summed E-state index contributed by atoms with van der Waals surface area (Å²) in [6, 6.07) is 10.2. The largest absolute Gasteiger partial charge is 0.327 e. The summed E-state index contributed by atoms with van der Waals surface area (Å²) in [5.41, 5.74) is 8.45. The second-order valence-corrected chi connectivity index (χ2v) is 4.18. The van der Waals surface area contributed by atoms with Crippen LogP contribution in [0.2, 0.25) is 0 Å². The second-order valence-electron chi connectivity index (χ2n) is 4.18. The number of nitrogens with two attached hydrogens (primary N) is 1. The molecule has 2 rings (SSSR count). The Morgan fingerprint density at radius 3 is 2.59 bits per heavy atom. The lowest BCUT2D eigenvalue weighted by molar-refractivity contribution is 0.603. The normalized spacial score (nSPS) is 12.3. The molecule has 0 saturated heterocycles. The first-order chi connectivity index (χ1) is 8.34. The molecule has 0 saturated carbocycles. The monoisotopic (exact) mass is 227 g/mol. The van der Waals surface area contributed by atoms with E-state index in [2.05, 4.69) is 9.97 Å². The van der Waals surface area contributed by atoms with Gasteiger partial charge in [-0.15, -0.1) is 0 Å². The molecule has 0 radical (unpaired) electrons. The number of aryl methyl sites for hydroxylation is 1. The van der Waals surface area contributed by atoms with Crippen molar-refractivity contribution in [3.8, 4) is 0 Å². The van der Waals surface area contributed by atoms with E-state index < -0.39 is 0 Å². The van der Waals surface area contributed by atoms with Crippen LogP contribution in [0.1, 0.15) is 17.7 Å². The van der Waals surface area contributed by atoms with Crippen LogP contribution in [0.25, 0.3) is 0 Å². The van der Waals surface area contributed by atoms with Crippen LogP contribution in [0.4, 0.5) is 0 Å². The molecule has 2 heterocycles. The molecule has 0 amide bonds. The molecule has 0 aliphatic rings. The van der Waals surface area contributed by atoms with E-state index in [0.29, 0.717) is 0 Å². The molecule has 1 unspecified atom stereocenters. The predicted molar refractivity (Wildman–Crippen MR) is 68.5 cm³/mol. The Kier molecular flexibility index (Phi) is 4.22. The zero-order chi connectivity index (χ0) is 11.9. The summed E-state index contributed by atoms with van der Waals surface area (Å²) in [5.74, 6) is 0. The SMILES string of the molecule is NC(CCc1ccncc1)Cc1ccccn1. The van der Waals surface area contributed by atoms with Gasteiger partial charge in [0.15, 0.2) is 0 Å². The van der Waals surface area contributed by atoms with Gasteiger partial charge in [0.1, 0.15) is 0 Å². The number of pyridine rings is 2. The number of nitrogens with zero attached hydrogens (tertiary/aromatic N) is 2. The first-order valence-electron chi connectivity index (χ1n) is 5.89. The summed E-state index contributed by atoms with van der Waals surface area (Å²) < 4.78 is 0. The summed E-state index contributed by atoms with van der Waals surface area (Å²) in [6.45, 7) is 0. The van der Waals surface area contributed by atoms with Crippen molar-refractivity contribution in [3.63, 3.8) is 0 Å². The van der Waals surface area contributed by atoms with Crippen molar-refractivity contribution in [1.29, 1.82) is 0 Å². The van der Waals surface area contributed by atoms with Crippen LogP contribution in [-0.2, 0) is 12.8 Å². The molecule has 1 atom stereocenters. The topological polar surface area (TPSA) is 51.8 Å². The lowest BCUT2D eigenvalue weighted by atomic mass is 10.0. The molecular weight excluding hydrogens is 210 g/mol. The molecular formula is C14H17N3.